The van der Waals surface area contributed by atoms with E-state index in [0.29, 0.717) is 40.4 Å². The van der Waals surface area contributed by atoms with Crippen molar-refractivity contribution in [1.29, 1.82) is 0 Å². The van der Waals surface area contributed by atoms with Gasteiger partial charge in [-0.15, -0.1) is 0 Å². The molecule has 0 spiro atoms. The third-order valence-electron chi connectivity index (χ3n) is 7.48. The van der Waals surface area contributed by atoms with Gasteiger partial charge in [0.05, 0.1) is 10.9 Å². The van der Waals surface area contributed by atoms with Gasteiger partial charge in [-0.25, -0.2) is 0 Å². The van der Waals surface area contributed by atoms with E-state index in [1.54, 1.807) is 31.2 Å². The molecule has 47 heavy (non-hydrogen) atoms. The van der Waals surface area contributed by atoms with E-state index in [2.05, 4.69) is 0 Å². The summed E-state index contributed by atoms with van der Waals surface area (Å²) in [6.07, 6.45) is -6.44. The van der Waals surface area contributed by atoms with E-state index < -0.39 is 61.2 Å². The molecule has 2 aliphatic rings. The van der Waals surface area contributed by atoms with Crippen LogP contribution in [-0.4, -0.2) is 68.0 Å². The largest absolute Gasteiger partial charge is 0.463 e. The SMILES string of the molecule is CCc1cc2c(=O)c(-c3ccc4c(c3)OCO4)c(C)oc2cc1O[C@@H]1O[C@@H](COC(C)=O)[C@H](OC(C)=O)[C@@H](OC(C)=O)[C@@H]1OC(C)=O. The number of rotatable bonds is 9. The molecule has 1 fully saturated rings. The van der Waals surface area contributed by atoms with Crippen LogP contribution in [0.1, 0.15) is 45.9 Å². The molecule has 0 amide bonds. The summed E-state index contributed by atoms with van der Waals surface area (Å²) in [4.78, 5) is 62.0. The molecule has 0 saturated carbocycles. The van der Waals surface area contributed by atoms with Crippen LogP contribution in [0.4, 0.5) is 0 Å². The Morgan fingerprint density at radius 3 is 2.15 bits per heavy atom. The summed E-state index contributed by atoms with van der Waals surface area (Å²) in [7, 11) is 0. The summed E-state index contributed by atoms with van der Waals surface area (Å²) < 4.78 is 50.9. The molecule has 3 heterocycles. The van der Waals surface area contributed by atoms with Gasteiger partial charge in [0.1, 0.15) is 29.8 Å². The molecule has 5 rings (SSSR count). The Balaban J connectivity index is 1.56. The monoisotopic (exact) mass is 654 g/mol. The second-order valence-corrected chi connectivity index (χ2v) is 10.9. The van der Waals surface area contributed by atoms with E-state index in [0.717, 1.165) is 20.8 Å². The van der Waals surface area contributed by atoms with Crippen LogP contribution < -0.4 is 19.6 Å². The molecule has 0 radical (unpaired) electrons. The Morgan fingerprint density at radius 2 is 1.49 bits per heavy atom. The van der Waals surface area contributed by atoms with Gasteiger partial charge in [0.25, 0.3) is 0 Å². The van der Waals surface area contributed by atoms with E-state index in [-0.39, 0.29) is 28.9 Å². The fourth-order valence-corrected chi connectivity index (χ4v) is 5.56. The number of aryl methyl sites for hydroxylation is 2. The summed E-state index contributed by atoms with van der Waals surface area (Å²) in [6.45, 7) is 7.76. The van der Waals surface area contributed by atoms with Gasteiger partial charge in [-0.2, -0.15) is 0 Å². The lowest BCUT2D eigenvalue weighted by Crippen LogP contribution is -2.63. The van der Waals surface area contributed by atoms with Gasteiger partial charge in [-0.1, -0.05) is 13.0 Å². The lowest BCUT2D eigenvalue weighted by molar-refractivity contribution is -0.288. The molecule has 0 unspecified atom stereocenters. The van der Waals surface area contributed by atoms with Crippen molar-refractivity contribution in [3.8, 4) is 28.4 Å². The highest BCUT2D eigenvalue weighted by Crippen LogP contribution is 2.38. The Morgan fingerprint density at radius 1 is 0.830 bits per heavy atom. The molecule has 1 saturated heterocycles. The van der Waals surface area contributed by atoms with Crippen LogP contribution in [-0.2, 0) is 49.3 Å². The molecule has 5 atom stereocenters. The first-order valence-corrected chi connectivity index (χ1v) is 14.8. The number of ether oxygens (including phenoxy) is 8. The van der Waals surface area contributed by atoms with Crippen LogP contribution in [0.2, 0.25) is 0 Å². The lowest BCUT2D eigenvalue weighted by atomic mass is 9.97. The van der Waals surface area contributed by atoms with Crippen molar-refractivity contribution in [3.05, 3.63) is 51.9 Å². The maximum Gasteiger partial charge on any atom is 0.303 e. The highest BCUT2D eigenvalue weighted by atomic mass is 16.7. The molecule has 2 aromatic carbocycles. The molecular weight excluding hydrogens is 620 g/mol. The van der Waals surface area contributed by atoms with Gasteiger partial charge in [0.15, 0.2) is 23.7 Å². The number of hydrogen-bond acceptors (Lipinski definition) is 14. The zero-order valence-electron chi connectivity index (χ0n) is 26.6. The topological polar surface area (TPSA) is 172 Å². The Labute approximate surface area is 268 Å². The number of carbonyl (C=O) groups excluding carboxylic acids is 4. The van der Waals surface area contributed by atoms with Crippen molar-refractivity contribution in [1.82, 2.24) is 0 Å². The van der Waals surface area contributed by atoms with Gasteiger partial charge in [-0.05, 0) is 42.7 Å². The minimum absolute atomic E-state index is 0.0896. The number of esters is 4. The Kier molecular flexibility index (Phi) is 9.70. The van der Waals surface area contributed by atoms with E-state index in [1.165, 1.54) is 13.0 Å². The van der Waals surface area contributed by atoms with Crippen molar-refractivity contribution in [2.45, 2.75) is 78.7 Å². The first kappa shape index (κ1) is 33.3. The standard InChI is InChI=1S/C33H34O14/c1-7-20-10-22-25(42-15(2)28(29(22)38)21-8-9-23-26(11-21)41-14-40-23)12-24(20)46-33-32(45-19(6)37)31(44-18(5)36)30(43-17(4)35)27(47-33)13-39-16(3)34/h8-12,27,30-33H,7,13-14H2,1-6H3/t27-,30-,31+,32-,33+/m0/s1. The first-order valence-electron chi connectivity index (χ1n) is 14.8. The first-order chi connectivity index (χ1) is 22.4. The van der Waals surface area contributed by atoms with Gasteiger partial charge in [0, 0.05) is 33.8 Å². The van der Waals surface area contributed by atoms with E-state index in [1.807, 2.05) is 6.92 Å². The van der Waals surface area contributed by atoms with Crippen molar-refractivity contribution < 1.29 is 61.5 Å². The fraction of sp³-hybridized carbons (Fsp3) is 0.424. The lowest BCUT2D eigenvalue weighted by Gasteiger charge is -2.44. The fourth-order valence-electron chi connectivity index (χ4n) is 5.56. The molecule has 14 heteroatoms. The van der Waals surface area contributed by atoms with E-state index in [4.69, 9.17) is 42.3 Å². The van der Waals surface area contributed by atoms with Crippen molar-refractivity contribution >= 4 is 34.8 Å². The minimum Gasteiger partial charge on any atom is -0.463 e. The molecule has 1 aromatic heterocycles. The third kappa shape index (κ3) is 7.17. The normalized spacial score (nSPS) is 21.5. The van der Waals surface area contributed by atoms with Crippen LogP contribution in [0.5, 0.6) is 17.2 Å². The van der Waals surface area contributed by atoms with E-state index >= 15 is 0 Å². The maximum atomic E-state index is 13.8. The molecule has 14 nitrogen and oxygen atoms in total. The summed E-state index contributed by atoms with van der Waals surface area (Å²) >= 11 is 0. The summed E-state index contributed by atoms with van der Waals surface area (Å²) in [6, 6.07) is 8.35. The zero-order valence-corrected chi connectivity index (χ0v) is 26.6. The minimum atomic E-state index is -1.46. The van der Waals surface area contributed by atoms with Gasteiger partial charge in [-0.3, -0.25) is 24.0 Å². The highest BCUT2D eigenvalue weighted by Gasteiger charge is 2.53. The van der Waals surface area contributed by atoms with Crippen LogP contribution in [0.3, 0.4) is 0 Å². The average molecular weight is 655 g/mol. The quantitative estimate of drug-likeness (QED) is 0.242. The second kappa shape index (κ2) is 13.7. The van der Waals surface area contributed by atoms with Crippen LogP contribution in [0, 0.1) is 6.92 Å². The van der Waals surface area contributed by atoms with Gasteiger partial charge in [0.2, 0.25) is 24.6 Å². The number of benzene rings is 2. The average Bonchev–Trinajstić information content (AvgIpc) is 3.46. The van der Waals surface area contributed by atoms with Crippen LogP contribution >= 0.6 is 0 Å². The van der Waals surface area contributed by atoms with E-state index in [9.17, 15) is 24.0 Å². The number of carbonyl (C=O) groups is 4. The van der Waals surface area contributed by atoms with Gasteiger partial charge >= 0.3 is 23.9 Å². The number of hydrogen-bond donors (Lipinski definition) is 0. The van der Waals surface area contributed by atoms with Crippen molar-refractivity contribution in [3.63, 3.8) is 0 Å². The molecule has 0 N–H and O–H groups in total. The Bertz CT molecular complexity index is 1780. The van der Waals surface area contributed by atoms with Crippen molar-refractivity contribution in [2.75, 3.05) is 13.4 Å². The maximum absolute atomic E-state index is 13.8. The predicted octanol–water partition coefficient (Wildman–Crippen LogP) is 3.52. The smallest absolute Gasteiger partial charge is 0.303 e. The molecule has 2 aliphatic heterocycles. The molecule has 3 aromatic rings. The van der Waals surface area contributed by atoms with Crippen LogP contribution in [0.25, 0.3) is 22.1 Å². The summed E-state index contributed by atoms with van der Waals surface area (Å²) in [5, 5.41) is 0.286. The van der Waals surface area contributed by atoms with Crippen molar-refractivity contribution in [2.24, 2.45) is 0 Å². The second-order valence-electron chi connectivity index (χ2n) is 10.9. The predicted molar refractivity (Wildman–Crippen MR) is 161 cm³/mol. The third-order valence-corrected chi connectivity index (χ3v) is 7.48. The highest BCUT2D eigenvalue weighted by molar-refractivity contribution is 5.85. The molecule has 0 bridgehead atoms. The van der Waals surface area contributed by atoms with Crippen LogP contribution in [0.15, 0.2) is 39.5 Å². The summed E-state index contributed by atoms with van der Waals surface area (Å²) in [5.74, 6) is -1.30. The molecule has 0 aliphatic carbocycles. The van der Waals surface area contributed by atoms with Gasteiger partial charge < -0.3 is 42.3 Å². The summed E-state index contributed by atoms with van der Waals surface area (Å²) in [5.41, 5.74) is 1.44. The molecule has 250 valence electrons. The molecular formula is C33H34O14. The number of fused-ring (bicyclic) bond motifs is 2. The Hall–Kier alpha value is -5.11. The zero-order chi connectivity index (χ0) is 34.0.